The van der Waals surface area contributed by atoms with E-state index in [0.717, 1.165) is 28.2 Å². The summed E-state index contributed by atoms with van der Waals surface area (Å²) in [6.45, 7) is 3.92. The monoisotopic (exact) mass is 431 g/mol. The molecule has 3 aromatic rings. The highest BCUT2D eigenvalue weighted by atomic mass is 32.2. The molecule has 0 saturated carbocycles. The van der Waals surface area contributed by atoms with Crippen molar-refractivity contribution >= 4 is 38.1 Å². The summed E-state index contributed by atoms with van der Waals surface area (Å²) in [6.07, 6.45) is 0.0497. The van der Waals surface area contributed by atoms with Crippen molar-refractivity contribution < 1.29 is 17.9 Å². The fourth-order valence-electron chi connectivity index (χ4n) is 2.61. The number of nitrogens with one attached hydrogen (secondary N) is 2. The van der Waals surface area contributed by atoms with Crippen molar-refractivity contribution in [1.82, 2.24) is 4.98 Å². The van der Waals surface area contributed by atoms with Gasteiger partial charge in [0.1, 0.15) is 5.75 Å². The van der Waals surface area contributed by atoms with Crippen LogP contribution in [0.1, 0.15) is 16.8 Å². The number of carbonyl (C=O) groups excluding carboxylic acids is 1. The van der Waals surface area contributed by atoms with Crippen molar-refractivity contribution in [1.29, 1.82) is 0 Å². The zero-order chi connectivity index (χ0) is 21.0. The number of hydrogen-bond donors (Lipinski definition) is 2. The molecule has 1 aromatic heterocycles. The molecule has 3 rings (SSSR count). The van der Waals surface area contributed by atoms with Crippen molar-refractivity contribution in [2.24, 2.45) is 0 Å². The highest BCUT2D eigenvalue weighted by Crippen LogP contribution is 2.23. The van der Waals surface area contributed by atoms with Gasteiger partial charge in [-0.25, -0.2) is 13.4 Å². The van der Waals surface area contributed by atoms with E-state index in [-0.39, 0.29) is 22.4 Å². The first-order chi connectivity index (χ1) is 13.8. The van der Waals surface area contributed by atoms with Crippen LogP contribution in [0, 0.1) is 13.8 Å². The van der Waals surface area contributed by atoms with E-state index in [4.69, 9.17) is 4.74 Å². The molecule has 0 aliphatic heterocycles. The maximum absolute atomic E-state index is 12.5. The van der Waals surface area contributed by atoms with E-state index >= 15 is 0 Å². The first kappa shape index (κ1) is 20.8. The van der Waals surface area contributed by atoms with Crippen LogP contribution in [0.4, 0.5) is 10.8 Å². The smallest absolute Gasteiger partial charge is 0.263 e. The second kappa shape index (κ2) is 8.62. The van der Waals surface area contributed by atoms with Gasteiger partial charge in [0, 0.05) is 11.1 Å². The highest BCUT2D eigenvalue weighted by molar-refractivity contribution is 7.93. The van der Waals surface area contributed by atoms with Gasteiger partial charge in [-0.05, 0) is 55.3 Å². The standard InChI is InChI=1S/C20H21N3O4S2/c1-13-5-4-6-18(14(13)2)22-19(24)11-15-12-28-20(21-15)23-29(25,26)17-9-7-16(27-3)8-10-17/h4-10,12H,11H2,1-3H3,(H,21,23)(H,22,24). The number of rotatable bonds is 7. The molecule has 9 heteroatoms. The average Bonchev–Trinajstić information content (AvgIpc) is 3.11. The number of anilines is 2. The number of carbonyl (C=O) groups is 1. The molecule has 2 N–H and O–H groups in total. The minimum Gasteiger partial charge on any atom is -0.497 e. The zero-order valence-electron chi connectivity index (χ0n) is 16.2. The molecule has 0 bridgehead atoms. The summed E-state index contributed by atoms with van der Waals surface area (Å²) in [5.41, 5.74) is 3.34. The largest absolute Gasteiger partial charge is 0.497 e. The summed E-state index contributed by atoms with van der Waals surface area (Å²) in [4.78, 5) is 16.6. The summed E-state index contributed by atoms with van der Waals surface area (Å²) in [5, 5.41) is 4.73. The van der Waals surface area contributed by atoms with Gasteiger partial charge in [0.25, 0.3) is 10.0 Å². The quantitative estimate of drug-likeness (QED) is 0.594. The maximum atomic E-state index is 12.5. The van der Waals surface area contributed by atoms with E-state index in [0.29, 0.717) is 11.4 Å². The lowest BCUT2D eigenvalue weighted by Crippen LogP contribution is -2.16. The number of aromatic nitrogens is 1. The molecule has 1 heterocycles. The van der Waals surface area contributed by atoms with Gasteiger partial charge in [-0.2, -0.15) is 0 Å². The number of aryl methyl sites for hydroxylation is 1. The summed E-state index contributed by atoms with van der Waals surface area (Å²) in [5.74, 6) is 0.351. The van der Waals surface area contributed by atoms with E-state index < -0.39 is 10.0 Å². The van der Waals surface area contributed by atoms with Crippen molar-refractivity contribution in [3.8, 4) is 5.75 Å². The Labute approximate surface area is 173 Å². The van der Waals surface area contributed by atoms with Gasteiger partial charge in [0.15, 0.2) is 5.13 Å². The molecule has 29 heavy (non-hydrogen) atoms. The topological polar surface area (TPSA) is 97.4 Å². The third-order valence-electron chi connectivity index (χ3n) is 4.36. The zero-order valence-corrected chi connectivity index (χ0v) is 17.9. The number of ether oxygens (including phenoxy) is 1. The van der Waals surface area contributed by atoms with Gasteiger partial charge >= 0.3 is 0 Å². The van der Waals surface area contributed by atoms with Crippen LogP contribution in [0.25, 0.3) is 0 Å². The first-order valence-electron chi connectivity index (χ1n) is 8.76. The molecule has 1 amide bonds. The molecule has 0 unspecified atom stereocenters. The van der Waals surface area contributed by atoms with E-state index in [1.165, 1.54) is 19.2 Å². The molecule has 0 aliphatic rings. The molecule has 0 radical (unpaired) electrons. The Bertz CT molecular complexity index is 1120. The molecule has 2 aromatic carbocycles. The molecule has 152 valence electrons. The number of benzene rings is 2. The van der Waals surface area contributed by atoms with Gasteiger partial charge in [-0.1, -0.05) is 12.1 Å². The number of thiazole rings is 1. The fourth-order valence-corrected chi connectivity index (χ4v) is 4.57. The van der Waals surface area contributed by atoms with Gasteiger partial charge in [-0.3, -0.25) is 9.52 Å². The first-order valence-corrected chi connectivity index (χ1v) is 11.1. The summed E-state index contributed by atoms with van der Waals surface area (Å²) in [7, 11) is -2.26. The minimum absolute atomic E-state index is 0.0497. The van der Waals surface area contributed by atoms with E-state index in [1.54, 1.807) is 17.5 Å². The Balaban J connectivity index is 1.65. The Morgan fingerprint density at radius 3 is 2.55 bits per heavy atom. The second-order valence-corrected chi connectivity index (χ2v) is 8.94. The van der Waals surface area contributed by atoms with Crippen molar-refractivity contribution in [2.45, 2.75) is 25.2 Å². The molecule has 0 aliphatic carbocycles. The lowest BCUT2D eigenvalue weighted by atomic mass is 10.1. The molecular weight excluding hydrogens is 410 g/mol. The molecule has 0 atom stereocenters. The van der Waals surface area contributed by atoms with Crippen LogP contribution >= 0.6 is 11.3 Å². The van der Waals surface area contributed by atoms with Crippen LogP contribution in [0.15, 0.2) is 52.7 Å². The lowest BCUT2D eigenvalue weighted by Gasteiger charge is -2.09. The van der Waals surface area contributed by atoms with Crippen LogP contribution in [-0.2, 0) is 21.2 Å². The third-order valence-corrected chi connectivity index (χ3v) is 6.65. The summed E-state index contributed by atoms with van der Waals surface area (Å²) in [6, 6.07) is 11.7. The Morgan fingerprint density at radius 2 is 1.86 bits per heavy atom. The summed E-state index contributed by atoms with van der Waals surface area (Å²) < 4.78 is 32.4. The molecule has 0 saturated heterocycles. The van der Waals surface area contributed by atoms with Crippen LogP contribution in [0.5, 0.6) is 5.75 Å². The average molecular weight is 432 g/mol. The highest BCUT2D eigenvalue weighted by Gasteiger charge is 2.17. The third kappa shape index (κ3) is 5.12. The van der Waals surface area contributed by atoms with Crippen molar-refractivity contribution in [2.75, 3.05) is 17.1 Å². The number of hydrogen-bond acceptors (Lipinski definition) is 6. The predicted octanol–water partition coefficient (Wildman–Crippen LogP) is 3.75. The van der Waals surface area contributed by atoms with Crippen LogP contribution in [0.3, 0.4) is 0 Å². The van der Waals surface area contributed by atoms with E-state index in [1.807, 2.05) is 32.0 Å². The second-order valence-electron chi connectivity index (χ2n) is 6.40. The van der Waals surface area contributed by atoms with Gasteiger partial charge in [0.2, 0.25) is 5.91 Å². The van der Waals surface area contributed by atoms with E-state index in [9.17, 15) is 13.2 Å². The number of sulfonamides is 1. The SMILES string of the molecule is COc1ccc(S(=O)(=O)Nc2nc(CC(=O)Nc3cccc(C)c3C)cs2)cc1. The normalized spacial score (nSPS) is 11.1. The molecule has 0 spiro atoms. The van der Waals surface area contributed by atoms with Gasteiger partial charge in [0.05, 0.1) is 24.1 Å². The minimum atomic E-state index is -3.77. The maximum Gasteiger partial charge on any atom is 0.263 e. The predicted molar refractivity (Wildman–Crippen MR) is 114 cm³/mol. The Kier molecular flexibility index (Phi) is 6.19. The van der Waals surface area contributed by atoms with E-state index in [2.05, 4.69) is 15.0 Å². The number of amides is 1. The number of nitrogens with zero attached hydrogens (tertiary/aromatic N) is 1. The van der Waals surface area contributed by atoms with Crippen LogP contribution < -0.4 is 14.8 Å². The van der Waals surface area contributed by atoms with Gasteiger partial charge < -0.3 is 10.1 Å². The fraction of sp³-hybridized carbons (Fsp3) is 0.200. The van der Waals surface area contributed by atoms with Gasteiger partial charge in [-0.15, -0.1) is 11.3 Å². The molecule has 7 nitrogen and oxygen atoms in total. The molecule has 0 fully saturated rings. The van der Waals surface area contributed by atoms with Crippen molar-refractivity contribution in [3.05, 3.63) is 64.7 Å². The number of methoxy groups -OCH3 is 1. The van der Waals surface area contributed by atoms with Crippen LogP contribution in [-0.4, -0.2) is 26.4 Å². The van der Waals surface area contributed by atoms with Crippen LogP contribution in [0.2, 0.25) is 0 Å². The van der Waals surface area contributed by atoms with Crippen molar-refractivity contribution in [3.63, 3.8) is 0 Å². The summed E-state index contributed by atoms with van der Waals surface area (Å²) >= 11 is 1.13. The Hall–Kier alpha value is -2.91. The molecular formula is C20H21N3O4S2. The Morgan fingerprint density at radius 1 is 1.14 bits per heavy atom. The lowest BCUT2D eigenvalue weighted by molar-refractivity contribution is -0.115.